The maximum Gasteiger partial charge on any atom is 0.449 e. The van der Waals surface area contributed by atoms with Gasteiger partial charge in [0.1, 0.15) is 23.1 Å². The van der Waals surface area contributed by atoms with Crippen molar-refractivity contribution in [2.75, 3.05) is 31.7 Å². The number of hydrogen-bond acceptors (Lipinski definition) is 8. The minimum absolute atomic E-state index is 0.00910. The maximum atomic E-state index is 15.0. The Kier molecular flexibility index (Phi) is 6.65. The highest BCUT2D eigenvalue weighted by atomic mass is 35.5. The van der Waals surface area contributed by atoms with Crippen molar-refractivity contribution in [2.45, 2.75) is 12.3 Å². The zero-order valence-electron chi connectivity index (χ0n) is 20.0. The fourth-order valence-corrected chi connectivity index (χ4v) is 4.33. The number of nitrogens with zero attached hydrogens (tertiary/aromatic N) is 6. The van der Waals surface area contributed by atoms with Gasteiger partial charge in [0, 0.05) is 36.4 Å². The van der Waals surface area contributed by atoms with Gasteiger partial charge in [0.15, 0.2) is 5.52 Å². The van der Waals surface area contributed by atoms with E-state index in [1.807, 2.05) is 0 Å². The molecule has 0 N–H and O–H groups in total. The average Bonchev–Trinajstić information content (AvgIpc) is 2.90. The second-order valence-electron chi connectivity index (χ2n) is 8.43. The lowest BCUT2D eigenvalue weighted by Gasteiger charge is -2.33. The first kappa shape index (κ1) is 25.8. The molecular formula is C24H19ClF4N6O3. The van der Waals surface area contributed by atoms with Crippen LogP contribution in [0.15, 0.2) is 41.3 Å². The minimum atomic E-state index is -4.94. The SMILES string of the molecule is COc1cc([C@@H]2CN(c3nc(-c4ccc(Cl)cc4F)c4nc(C(F)(F)F)n(C)c(=O)c4n3)CCO2)ccn1. The van der Waals surface area contributed by atoms with Gasteiger partial charge in [-0.1, -0.05) is 11.6 Å². The standard InChI is InChI=1S/C24H19ClF4N6O3/c1-34-21(36)20-19(31-22(34)24(27,28)29)18(14-4-3-13(25)10-15(14)26)32-23(33-20)35-7-8-38-16(11-35)12-5-6-30-17(9-12)37-2/h3-6,9-10,16H,7-8,11H2,1-2H3/t16-/m0/s1. The molecule has 1 aliphatic heterocycles. The lowest BCUT2D eigenvalue weighted by Crippen LogP contribution is -2.39. The molecule has 0 bridgehead atoms. The van der Waals surface area contributed by atoms with E-state index in [0.717, 1.165) is 18.7 Å². The number of halogens is 5. The van der Waals surface area contributed by atoms with E-state index in [9.17, 15) is 22.4 Å². The van der Waals surface area contributed by atoms with Gasteiger partial charge in [-0.3, -0.25) is 9.36 Å². The molecule has 1 saturated heterocycles. The number of methoxy groups -OCH3 is 1. The summed E-state index contributed by atoms with van der Waals surface area (Å²) >= 11 is 5.88. The monoisotopic (exact) mass is 550 g/mol. The topological polar surface area (TPSA) is 95.3 Å². The van der Waals surface area contributed by atoms with Crippen LogP contribution < -0.4 is 15.2 Å². The fourth-order valence-electron chi connectivity index (χ4n) is 4.17. The van der Waals surface area contributed by atoms with Crippen molar-refractivity contribution in [1.82, 2.24) is 24.5 Å². The third-order valence-corrected chi connectivity index (χ3v) is 6.28. The van der Waals surface area contributed by atoms with E-state index >= 15 is 0 Å². The molecule has 0 amide bonds. The third kappa shape index (κ3) is 4.74. The number of morpholine rings is 1. The molecule has 0 saturated carbocycles. The van der Waals surface area contributed by atoms with Crippen LogP contribution in [-0.2, 0) is 18.0 Å². The summed E-state index contributed by atoms with van der Waals surface area (Å²) in [6, 6.07) is 7.09. The van der Waals surface area contributed by atoms with Crippen LogP contribution >= 0.6 is 11.6 Å². The van der Waals surface area contributed by atoms with Gasteiger partial charge < -0.3 is 14.4 Å². The van der Waals surface area contributed by atoms with Crippen molar-refractivity contribution in [2.24, 2.45) is 7.05 Å². The van der Waals surface area contributed by atoms with Gasteiger partial charge >= 0.3 is 6.18 Å². The molecule has 5 rings (SSSR count). The molecule has 1 aromatic carbocycles. The normalized spacial score (nSPS) is 16.2. The van der Waals surface area contributed by atoms with E-state index in [0.29, 0.717) is 17.0 Å². The Morgan fingerprint density at radius 1 is 1.13 bits per heavy atom. The zero-order chi connectivity index (χ0) is 27.2. The van der Waals surface area contributed by atoms with E-state index in [-0.39, 0.29) is 40.9 Å². The molecule has 0 radical (unpaired) electrons. The summed E-state index contributed by atoms with van der Waals surface area (Å²) in [6.07, 6.45) is -3.83. The van der Waals surface area contributed by atoms with Crippen molar-refractivity contribution in [1.29, 1.82) is 0 Å². The quantitative estimate of drug-likeness (QED) is 0.349. The van der Waals surface area contributed by atoms with Crippen LogP contribution in [0.5, 0.6) is 5.88 Å². The van der Waals surface area contributed by atoms with Crippen LogP contribution in [0.1, 0.15) is 17.5 Å². The number of pyridine rings is 1. The second-order valence-corrected chi connectivity index (χ2v) is 8.86. The molecule has 1 atom stereocenters. The number of rotatable bonds is 4. The summed E-state index contributed by atoms with van der Waals surface area (Å²) in [5.74, 6) is -1.90. The van der Waals surface area contributed by atoms with E-state index in [1.165, 1.54) is 19.2 Å². The van der Waals surface area contributed by atoms with Crippen LogP contribution in [0.3, 0.4) is 0 Å². The van der Waals surface area contributed by atoms with Crippen molar-refractivity contribution >= 4 is 28.6 Å². The summed E-state index contributed by atoms with van der Waals surface area (Å²) in [5.41, 5.74) is -1.60. The summed E-state index contributed by atoms with van der Waals surface area (Å²) in [4.78, 5) is 31.2. The first-order chi connectivity index (χ1) is 18.1. The van der Waals surface area contributed by atoms with E-state index in [1.54, 1.807) is 23.2 Å². The molecule has 1 aliphatic rings. The first-order valence-corrected chi connectivity index (χ1v) is 11.6. The van der Waals surface area contributed by atoms with Crippen molar-refractivity contribution in [3.8, 4) is 17.1 Å². The second kappa shape index (κ2) is 9.80. The summed E-state index contributed by atoms with van der Waals surface area (Å²) in [5, 5.41) is 0.0773. The molecule has 9 nitrogen and oxygen atoms in total. The molecule has 3 aromatic heterocycles. The lowest BCUT2D eigenvalue weighted by atomic mass is 10.1. The predicted molar refractivity (Wildman–Crippen MR) is 130 cm³/mol. The van der Waals surface area contributed by atoms with Crippen molar-refractivity contribution < 1.29 is 27.0 Å². The molecule has 0 unspecified atom stereocenters. The van der Waals surface area contributed by atoms with Crippen LogP contribution in [0.25, 0.3) is 22.3 Å². The highest BCUT2D eigenvalue weighted by Crippen LogP contribution is 2.34. The van der Waals surface area contributed by atoms with Gasteiger partial charge in [0.25, 0.3) is 5.56 Å². The van der Waals surface area contributed by atoms with E-state index in [2.05, 4.69) is 19.9 Å². The Bertz CT molecular complexity index is 1600. The Labute approximate surface area is 217 Å². The van der Waals surface area contributed by atoms with Crippen LogP contribution in [-0.4, -0.2) is 51.3 Å². The smallest absolute Gasteiger partial charge is 0.449 e. The zero-order valence-corrected chi connectivity index (χ0v) is 20.7. The van der Waals surface area contributed by atoms with Crippen LogP contribution in [0.4, 0.5) is 23.5 Å². The average molecular weight is 551 g/mol. The number of anilines is 1. The van der Waals surface area contributed by atoms with Gasteiger partial charge in [-0.2, -0.15) is 13.2 Å². The number of benzene rings is 1. The lowest BCUT2D eigenvalue weighted by molar-refractivity contribution is -0.147. The molecule has 1 fully saturated rings. The summed E-state index contributed by atoms with van der Waals surface area (Å²) in [7, 11) is 2.43. The number of alkyl halides is 3. The van der Waals surface area contributed by atoms with E-state index < -0.39 is 35.0 Å². The van der Waals surface area contributed by atoms with Crippen LogP contribution in [0, 0.1) is 5.82 Å². The molecule has 4 aromatic rings. The Morgan fingerprint density at radius 2 is 1.92 bits per heavy atom. The molecule has 14 heteroatoms. The van der Waals surface area contributed by atoms with Crippen molar-refractivity contribution in [3.63, 3.8) is 0 Å². The first-order valence-electron chi connectivity index (χ1n) is 11.2. The van der Waals surface area contributed by atoms with E-state index in [4.69, 9.17) is 21.1 Å². The summed E-state index contributed by atoms with van der Waals surface area (Å²) < 4.78 is 67.4. The van der Waals surface area contributed by atoms with Crippen LogP contribution in [0.2, 0.25) is 5.02 Å². The van der Waals surface area contributed by atoms with Gasteiger partial charge in [-0.05, 0) is 29.8 Å². The number of ether oxygens (including phenoxy) is 2. The summed E-state index contributed by atoms with van der Waals surface area (Å²) in [6.45, 7) is 0.793. The predicted octanol–water partition coefficient (Wildman–Crippen LogP) is 4.18. The molecule has 198 valence electrons. The molecule has 0 aliphatic carbocycles. The Hall–Kier alpha value is -3.84. The van der Waals surface area contributed by atoms with Gasteiger partial charge in [0.05, 0.1) is 20.3 Å². The van der Waals surface area contributed by atoms with Gasteiger partial charge in [-0.25, -0.2) is 24.3 Å². The molecule has 0 spiro atoms. The maximum absolute atomic E-state index is 15.0. The molecule has 4 heterocycles. The molecule has 38 heavy (non-hydrogen) atoms. The third-order valence-electron chi connectivity index (χ3n) is 6.04. The number of aromatic nitrogens is 5. The highest BCUT2D eigenvalue weighted by Gasteiger charge is 2.37. The Morgan fingerprint density at radius 3 is 2.63 bits per heavy atom. The number of fused-ring (bicyclic) bond motifs is 1. The number of hydrogen-bond donors (Lipinski definition) is 0. The largest absolute Gasteiger partial charge is 0.481 e. The highest BCUT2D eigenvalue weighted by molar-refractivity contribution is 6.30. The van der Waals surface area contributed by atoms with Gasteiger partial charge in [-0.15, -0.1) is 0 Å². The van der Waals surface area contributed by atoms with Gasteiger partial charge in [0.2, 0.25) is 17.7 Å². The van der Waals surface area contributed by atoms with Crippen molar-refractivity contribution in [3.05, 3.63) is 69.1 Å². The molecular weight excluding hydrogens is 532 g/mol. The fraction of sp³-hybridized carbons (Fsp3) is 0.292. The Balaban J connectivity index is 1.68. The minimum Gasteiger partial charge on any atom is -0.481 e.